The summed E-state index contributed by atoms with van der Waals surface area (Å²) in [6.45, 7) is 9.33. The lowest BCUT2D eigenvalue weighted by Gasteiger charge is -2.28. The molecule has 0 amide bonds. The van der Waals surface area contributed by atoms with Gasteiger partial charge >= 0.3 is 0 Å². The number of benzene rings is 2. The highest BCUT2D eigenvalue weighted by atomic mass is 14.3. The van der Waals surface area contributed by atoms with Crippen molar-refractivity contribution >= 4 is 0 Å². The molecule has 0 fully saturated rings. The number of aryl methyl sites for hydroxylation is 2. The molecule has 4 rings (SSSR count). The highest BCUT2D eigenvalue weighted by molar-refractivity contribution is 5.35. The second kappa shape index (κ2) is 8.21. The first-order valence-corrected chi connectivity index (χ1v) is 10.2. The Balaban J connectivity index is 0.000000146. The Hall–Kier alpha value is -1.56. The molecule has 0 heteroatoms. The lowest BCUT2D eigenvalue weighted by molar-refractivity contribution is 0.433. The molecule has 2 aliphatic rings. The van der Waals surface area contributed by atoms with Crippen LogP contribution in [-0.4, -0.2) is 0 Å². The number of hydrogen-bond donors (Lipinski definition) is 0. The summed E-state index contributed by atoms with van der Waals surface area (Å²) in [5.74, 6) is 3.22. The Morgan fingerprint density at radius 3 is 1.68 bits per heavy atom. The topological polar surface area (TPSA) is 0 Å². The van der Waals surface area contributed by atoms with Gasteiger partial charge in [0.25, 0.3) is 0 Å². The van der Waals surface area contributed by atoms with Gasteiger partial charge in [0.2, 0.25) is 0 Å². The summed E-state index contributed by atoms with van der Waals surface area (Å²) in [5.41, 5.74) is 6.39. The standard InChI is InChI=1S/C13H18.C12H16/c1-10(2)12-9-5-7-11-6-3-4-8-13(11)12;1-9(2)11-8-7-10-5-3-4-6-12(10)11/h3-4,6,8,10,12H,5,7,9H2,1-2H3;3-6,9,11H,7-8H2,1-2H3. The molecule has 25 heavy (non-hydrogen) atoms. The van der Waals surface area contributed by atoms with Crippen molar-refractivity contribution in [1.82, 2.24) is 0 Å². The summed E-state index contributed by atoms with van der Waals surface area (Å²) in [7, 11) is 0. The van der Waals surface area contributed by atoms with Crippen molar-refractivity contribution in [1.29, 1.82) is 0 Å². The molecule has 2 atom stereocenters. The highest BCUT2D eigenvalue weighted by Gasteiger charge is 2.24. The van der Waals surface area contributed by atoms with Gasteiger partial charge in [-0.15, -0.1) is 0 Å². The van der Waals surface area contributed by atoms with Gasteiger partial charge in [-0.25, -0.2) is 0 Å². The van der Waals surface area contributed by atoms with E-state index in [0.717, 1.165) is 23.7 Å². The number of rotatable bonds is 2. The van der Waals surface area contributed by atoms with Crippen LogP contribution >= 0.6 is 0 Å². The Morgan fingerprint density at radius 2 is 1.12 bits per heavy atom. The fourth-order valence-electron chi connectivity index (χ4n) is 4.77. The van der Waals surface area contributed by atoms with Gasteiger partial charge in [0.15, 0.2) is 0 Å². The van der Waals surface area contributed by atoms with Crippen molar-refractivity contribution in [2.75, 3.05) is 0 Å². The Labute approximate surface area is 154 Å². The normalized spacial score (nSPS) is 21.5. The van der Waals surface area contributed by atoms with Gasteiger partial charge in [-0.05, 0) is 78.0 Å². The molecule has 0 radical (unpaired) electrons. The molecule has 0 saturated carbocycles. The summed E-state index contributed by atoms with van der Waals surface area (Å²) in [4.78, 5) is 0. The molecule has 0 N–H and O–H groups in total. The summed E-state index contributed by atoms with van der Waals surface area (Å²) in [6.07, 6.45) is 6.70. The first-order valence-electron chi connectivity index (χ1n) is 10.2. The molecule has 2 aromatic carbocycles. The van der Waals surface area contributed by atoms with Gasteiger partial charge in [-0.3, -0.25) is 0 Å². The smallest absolute Gasteiger partial charge is 0.0133 e. The SMILES string of the molecule is CC(C)C1CCCc2ccccc21.CC(C)C1CCc2ccccc21. The first kappa shape index (κ1) is 18.2. The molecule has 134 valence electrons. The van der Waals surface area contributed by atoms with Gasteiger partial charge in [0, 0.05) is 0 Å². The molecular formula is C25H34. The van der Waals surface area contributed by atoms with Gasteiger partial charge in [0.05, 0.1) is 0 Å². The molecule has 0 spiro atoms. The van der Waals surface area contributed by atoms with Crippen LogP contribution in [0.15, 0.2) is 48.5 Å². The maximum atomic E-state index is 2.34. The molecule has 2 aromatic rings. The third-order valence-electron chi connectivity index (χ3n) is 6.20. The van der Waals surface area contributed by atoms with Gasteiger partial charge in [0.1, 0.15) is 0 Å². The van der Waals surface area contributed by atoms with Crippen molar-refractivity contribution in [2.24, 2.45) is 11.8 Å². The highest BCUT2D eigenvalue weighted by Crippen LogP contribution is 2.38. The van der Waals surface area contributed by atoms with Crippen LogP contribution in [0.1, 0.15) is 81.0 Å². The number of fused-ring (bicyclic) bond motifs is 2. The largest absolute Gasteiger partial charge is 0.0622 e. The molecule has 0 nitrogen and oxygen atoms in total. The van der Waals surface area contributed by atoms with Gasteiger partial charge in [-0.2, -0.15) is 0 Å². The average molecular weight is 335 g/mol. The lowest BCUT2D eigenvalue weighted by atomic mass is 9.77. The van der Waals surface area contributed by atoms with E-state index in [4.69, 9.17) is 0 Å². The van der Waals surface area contributed by atoms with Crippen LogP contribution in [0.2, 0.25) is 0 Å². The molecule has 0 heterocycles. The van der Waals surface area contributed by atoms with Crippen molar-refractivity contribution < 1.29 is 0 Å². The Morgan fingerprint density at radius 1 is 0.640 bits per heavy atom. The predicted molar refractivity (Wildman–Crippen MR) is 109 cm³/mol. The van der Waals surface area contributed by atoms with E-state index >= 15 is 0 Å². The molecule has 2 unspecified atom stereocenters. The lowest BCUT2D eigenvalue weighted by Crippen LogP contribution is -2.14. The molecule has 0 saturated heterocycles. The Bertz CT molecular complexity index is 680. The quantitative estimate of drug-likeness (QED) is 0.547. The van der Waals surface area contributed by atoms with E-state index in [2.05, 4.69) is 76.2 Å². The van der Waals surface area contributed by atoms with Gasteiger partial charge in [-0.1, -0.05) is 76.2 Å². The third-order valence-corrected chi connectivity index (χ3v) is 6.20. The summed E-state index contributed by atoms with van der Waals surface area (Å²) in [5, 5.41) is 0. The van der Waals surface area contributed by atoms with E-state index in [9.17, 15) is 0 Å². The van der Waals surface area contributed by atoms with Crippen LogP contribution in [0.4, 0.5) is 0 Å². The summed E-state index contributed by atoms with van der Waals surface area (Å²) < 4.78 is 0. The van der Waals surface area contributed by atoms with Crippen molar-refractivity contribution in [3.63, 3.8) is 0 Å². The molecule has 2 aliphatic carbocycles. The molecular weight excluding hydrogens is 300 g/mol. The van der Waals surface area contributed by atoms with E-state index in [0.29, 0.717) is 0 Å². The van der Waals surface area contributed by atoms with Gasteiger partial charge < -0.3 is 0 Å². The van der Waals surface area contributed by atoms with E-state index in [-0.39, 0.29) is 0 Å². The van der Waals surface area contributed by atoms with Crippen LogP contribution in [0, 0.1) is 11.8 Å². The van der Waals surface area contributed by atoms with Crippen LogP contribution in [0.25, 0.3) is 0 Å². The average Bonchev–Trinajstić information content (AvgIpc) is 3.06. The minimum absolute atomic E-state index is 0.793. The zero-order valence-corrected chi connectivity index (χ0v) is 16.5. The molecule has 0 aromatic heterocycles. The molecule has 0 bridgehead atoms. The Kier molecular flexibility index (Phi) is 5.99. The maximum absolute atomic E-state index is 2.34. The predicted octanol–water partition coefficient (Wildman–Crippen LogP) is 7.13. The first-order chi connectivity index (χ1) is 12.1. The zero-order valence-electron chi connectivity index (χ0n) is 16.5. The van der Waals surface area contributed by atoms with Crippen LogP contribution in [0.5, 0.6) is 0 Å². The minimum atomic E-state index is 0.793. The second-order valence-corrected chi connectivity index (χ2v) is 8.53. The number of hydrogen-bond acceptors (Lipinski definition) is 0. The van der Waals surface area contributed by atoms with Crippen LogP contribution < -0.4 is 0 Å². The van der Waals surface area contributed by atoms with E-state index in [1.807, 2.05) is 0 Å². The van der Waals surface area contributed by atoms with Crippen molar-refractivity contribution in [2.45, 2.75) is 71.6 Å². The summed E-state index contributed by atoms with van der Waals surface area (Å²) in [6, 6.07) is 17.9. The van der Waals surface area contributed by atoms with E-state index in [1.165, 1.54) is 32.1 Å². The minimum Gasteiger partial charge on any atom is -0.0622 e. The van der Waals surface area contributed by atoms with Crippen molar-refractivity contribution in [3.8, 4) is 0 Å². The maximum Gasteiger partial charge on any atom is -0.0133 e. The molecule has 0 aliphatic heterocycles. The second-order valence-electron chi connectivity index (χ2n) is 8.53. The van der Waals surface area contributed by atoms with Crippen LogP contribution in [-0.2, 0) is 12.8 Å². The monoisotopic (exact) mass is 334 g/mol. The van der Waals surface area contributed by atoms with E-state index < -0.39 is 0 Å². The third kappa shape index (κ3) is 4.17. The summed E-state index contributed by atoms with van der Waals surface area (Å²) >= 11 is 0. The van der Waals surface area contributed by atoms with E-state index in [1.54, 1.807) is 22.3 Å². The fraction of sp³-hybridized carbons (Fsp3) is 0.520. The van der Waals surface area contributed by atoms with Crippen LogP contribution in [0.3, 0.4) is 0 Å². The zero-order chi connectivity index (χ0) is 17.8. The fourth-order valence-corrected chi connectivity index (χ4v) is 4.77. The van der Waals surface area contributed by atoms with Crippen molar-refractivity contribution in [3.05, 3.63) is 70.8 Å².